The molecule has 6 heteroatoms. The van der Waals surface area contributed by atoms with Crippen LogP contribution in [0.2, 0.25) is 0 Å². The van der Waals surface area contributed by atoms with Crippen LogP contribution in [0.3, 0.4) is 0 Å². The Morgan fingerprint density at radius 3 is 1.94 bits per heavy atom. The molecule has 0 unspecified atom stereocenters. The highest BCUT2D eigenvalue weighted by Gasteiger charge is 2.52. The first-order valence-electron chi connectivity index (χ1n) is 5.10. The van der Waals surface area contributed by atoms with Gasteiger partial charge in [-0.15, -0.1) is 0 Å². The fourth-order valence-corrected chi connectivity index (χ4v) is 1.46. The van der Waals surface area contributed by atoms with Gasteiger partial charge in [-0.2, -0.15) is 0 Å². The molecule has 0 aromatic carbocycles. The lowest BCUT2D eigenvalue weighted by Gasteiger charge is -2.32. The minimum Gasteiger partial charge on any atom is -0.405 e. The second-order valence-electron chi connectivity index (χ2n) is 4.78. The third kappa shape index (κ3) is 2.54. The number of rotatable bonds is 2. The average molecular weight is 245 g/mol. The van der Waals surface area contributed by atoms with Gasteiger partial charge in [-0.05, 0) is 40.0 Å². The van der Waals surface area contributed by atoms with E-state index < -0.39 is 18.3 Å². The van der Waals surface area contributed by atoms with E-state index in [-0.39, 0.29) is 5.16 Å². The molecule has 1 rings (SSSR count). The van der Waals surface area contributed by atoms with Crippen molar-refractivity contribution in [2.24, 2.45) is 11.5 Å². The molecule has 0 radical (unpaired) electrons. The first-order chi connectivity index (χ1) is 7.19. The van der Waals surface area contributed by atoms with E-state index in [9.17, 15) is 0 Å². The predicted molar refractivity (Wildman–Crippen MR) is 66.5 cm³/mol. The van der Waals surface area contributed by atoms with E-state index in [1.807, 2.05) is 27.7 Å². The Balaban J connectivity index is 2.91. The fourth-order valence-electron chi connectivity index (χ4n) is 1.33. The molecule has 4 N–H and O–H groups in total. The Kier molecular flexibility index (Phi) is 3.62. The maximum Gasteiger partial charge on any atom is 0.496 e. The number of nitrogens with two attached hydrogens (primary N) is 2. The zero-order chi connectivity index (χ0) is 12.6. The van der Waals surface area contributed by atoms with Crippen LogP contribution in [0.1, 0.15) is 27.7 Å². The van der Waals surface area contributed by atoms with E-state index in [1.165, 1.54) is 12.3 Å². The minimum absolute atomic E-state index is 0.145. The van der Waals surface area contributed by atoms with Crippen molar-refractivity contribution >= 4 is 18.7 Å². The zero-order valence-electron chi connectivity index (χ0n) is 10.1. The monoisotopic (exact) mass is 244 g/mol. The molecule has 1 saturated heterocycles. The van der Waals surface area contributed by atoms with Gasteiger partial charge in [-0.25, -0.2) is 0 Å². The van der Waals surface area contributed by atoms with Crippen molar-refractivity contribution in [2.75, 3.05) is 0 Å². The van der Waals surface area contributed by atoms with Crippen molar-refractivity contribution < 1.29 is 9.31 Å². The molecule has 1 heterocycles. The quantitative estimate of drug-likeness (QED) is 0.439. The first kappa shape index (κ1) is 13.4. The van der Waals surface area contributed by atoms with Gasteiger partial charge < -0.3 is 20.8 Å². The molecule has 16 heavy (non-hydrogen) atoms. The van der Waals surface area contributed by atoms with Crippen LogP contribution in [0.5, 0.6) is 0 Å². The molecule has 0 atom stereocenters. The van der Waals surface area contributed by atoms with Gasteiger partial charge in [0.15, 0.2) is 0 Å². The summed E-state index contributed by atoms with van der Waals surface area (Å²) in [5, 5.41) is 0.145. The topological polar surface area (TPSA) is 70.5 Å². The lowest BCUT2D eigenvalue weighted by Crippen LogP contribution is -2.41. The zero-order valence-corrected chi connectivity index (χ0v) is 10.8. The van der Waals surface area contributed by atoms with Crippen molar-refractivity contribution in [3.63, 3.8) is 0 Å². The summed E-state index contributed by atoms with van der Waals surface area (Å²) in [6.07, 6.45) is 2.92. The lowest BCUT2D eigenvalue weighted by atomic mass is 9.79. The maximum atomic E-state index is 5.79. The van der Waals surface area contributed by atoms with E-state index >= 15 is 0 Å². The summed E-state index contributed by atoms with van der Waals surface area (Å²) in [5.74, 6) is 0. The van der Waals surface area contributed by atoms with Gasteiger partial charge in [-0.3, -0.25) is 0 Å². The number of hydrogen-bond acceptors (Lipinski definition) is 4. The molecule has 0 amide bonds. The Hall–Kier alpha value is -0.645. The third-order valence-corrected chi connectivity index (χ3v) is 3.13. The van der Waals surface area contributed by atoms with Crippen LogP contribution in [-0.4, -0.2) is 18.3 Å². The van der Waals surface area contributed by atoms with Crippen LogP contribution in [0.4, 0.5) is 0 Å². The van der Waals surface area contributed by atoms with Crippen LogP contribution in [0.25, 0.3) is 0 Å². The molecule has 1 fully saturated rings. The highest BCUT2D eigenvalue weighted by atomic mass is 35.5. The lowest BCUT2D eigenvalue weighted by molar-refractivity contribution is 0.00578. The summed E-state index contributed by atoms with van der Waals surface area (Å²) in [6, 6.07) is 0. The molecular weight excluding hydrogens is 226 g/mol. The van der Waals surface area contributed by atoms with E-state index in [0.29, 0.717) is 5.47 Å². The van der Waals surface area contributed by atoms with Gasteiger partial charge in [-0.1, -0.05) is 11.6 Å². The highest BCUT2D eigenvalue weighted by Crippen LogP contribution is 2.38. The van der Waals surface area contributed by atoms with Gasteiger partial charge in [0.1, 0.15) is 0 Å². The molecular formula is C10H18BClN2O2. The Bertz CT molecular complexity index is 320. The summed E-state index contributed by atoms with van der Waals surface area (Å²) in [7, 11) is -0.535. The van der Waals surface area contributed by atoms with Crippen LogP contribution < -0.4 is 11.5 Å². The van der Waals surface area contributed by atoms with Crippen molar-refractivity contribution in [3.05, 3.63) is 22.9 Å². The first-order valence-corrected chi connectivity index (χ1v) is 5.47. The van der Waals surface area contributed by atoms with Crippen LogP contribution >= 0.6 is 11.6 Å². The Morgan fingerprint density at radius 1 is 1.19 bits per heavy atom. The molecule has 0 saturated carbocycles. The van der Waals surface area contributed by atoms with Gasteiger partial charge in [0.2, 0.25) is 0 Å². The molecule has 0 aromatic heterocycles. The molecule has 0 bridgehead atoms. The normalized spacial score (nSPS) is 24.9. The summed E-state index contributed by atoms with van der Waals surface area (Å²) in [4.78, 5) is 0. The van der Waals surface area contributed by atoms with Crippen molar-refractivity contribution in [2.45, 2.75) is 38.9 Å². The molecule has 4 nitrogen and oxygen atoms in total. The van der Waals surface area contributed by atoms with Crippen LogP contribution in [0, 0.1) is 0 Å². The van der Waals surface area contributed by atoms with E-state index in [2.05, 4.69) is 0 Å². The second-order valence-corrected chi connectivity index (χ2v) is 5.22. The Morgan fingerprint density at radius 2 is 1.62 bits per heavy atom. The smallest absolute Gasteiger partial charge is 0.405 e. The highest BCUT2D eigenvalue weighted by molar-refractivity contribution is 6.56. The maximum absolute atomic E-state index is 5.79. The molecule has 1 aliphatic heterocycles. The largest absolute Gasteiger partial charge is 0.496 e. The van der Waals surface area contributed by atoms with Gasteiger partial charge in [0.25, 0.3) is 0 Å². The SMILES string of the molecule is CC1(C)OB(C(=C/N)/C=C(\N)Cl)OC1(C)C. The summed E-state index contributed by atoms with van der Waals surface area (Å²) >= 11 is 5.60. The third-order valence-electron chi connectivity index (χ3n) is 3.02. The van der Waals surface area contributed by atoms with Gasteiger partial charge in [0, 0.05) is 5.47 Å². The van der Waals surface area contributed by atoms with E-state index in [1.54, 1.807) is 0 Å². The van der Waals surface area contributed by atoms with Crippen molar-refractivity contribution in [1.82, 2.24) is 0 Å². The summed E-state index contributed by atoms with van der Waals surface area (Å²) in [5.41, 5.74) is 10.7. The number of hydrogen-bond donors (Lipinski definition) is 2. The van der Waals surface area contributed by atoms with Crippen molar-refractivity contribution in [3.8, 4) is 0 Å². The van der Waals surface area contributed by atoms with E-state index in [4.69, 9.17) is 32.4 Å². The molecule has 90 valence electrons. The molecule has 1 aliphatic rings. The van der Waals surface area contributed by atoms with Gasteiger partial charge in [0.05, 0.1) is 16.4 Å². The predicted octanol–water partition coefficient (Wildman–Crippen LogP) is 1.50. The van der Waals surface area contributed by atoms with Crippen LogP contribution in [0.15, 0.2) is 22.9 Å². The molecule has 0 aromatic rings. The standard InChI is InChI=1S/C10H18BClN2O2/c1-9(2)10(3,4)16-11(15-9)7(6-13)5-8(12)14/h5-6H,13-14H2,1-4H3/b7-6+,8-5-. The van der Waals surface area contributed by atoms with Crippen LogP contribution in [-0.2, 0) is 9.31 Å². The second kappa shape index (κ2) is 4.32. The molecule has 0 spiro atoms. The average Bonchev–Trinajstić information content (AvgIpc) is 2.31. The fraction of sp³-hybridized carbons (Fsp3) is 0.600. The number of halogens is 1. The number of allylic oxidation sites excluding steroid dienone is 2. The van der Waals surface area contributed by atoms with Gasteiger partial charge >= 0.3 is 7.12 Å². The van der Waals surface area contributed by atoms with Crippen molar-refractivity contribution in [1.29, 1.82) is 0 Å². The van der Waals surface area contributed by atoms with E-state index in [0.717, 1.165) is 0 Å². The Labute approximate surface area is 102 Å². The summed E-state index contributed by atoms with van der Waals surface area (Å²) in [6.45, 7) is 7.87. The summed E-state index contributed by atoms with van der Waals surface area (Å²) < 4.78 is 11.6. The minimum atomic E-state index is -0.535. The molecule has 0 aliphatic carbocycles.